The van der Waals surface area contributed by atoms with Crippen LogP contribution in [0.25, 0.3) is 54.9 Å². The minimum Gasteiger partial charge on any atom is -0.350 e. The smallest absolute Gasteiger partial charge is 0.131 e. The normalized spacial score (nSPS) is 15.8. The molecule has 9 rings (SSSR count). The van der Waals surface area contributed by atoms with Gasteiger partial charge in [0, 0.05) is 5.56 Å². The van der Waals surface area contributed by atoms with E-state index >= 15 is 0 Å². The molecule has 0 saturated carbocycles. The summed E-state index contributed by atoms with van der Waals surface area (Å²) in [5.74, 6) is 0.876. The molecule has 1 aliphatic heterocycles. The van der Waals surface area contributed by atoms with E-state index in [0.717, 1.165) is 17.0 Å². The van der Waals surface area contributed by atoms with Crippen LogP contribution in [0.15, 0.2) is 193 Å². The summed E-state index contributed by atoms with van der Waals surface area (Å²) in [5, 5.41) is 12.4. The molecule has 0 amide bonds. The Morgan fingerprint density at radius 1 is 0.360 bits per heavy atom. The summed E-state index contributed by atoms with van der Waals surface area (Å²) >= 11 is 0. The van der Waals surface area contributed by atoms with Crippen molar-refractivity contribution in [1.82, 2.24) is 10.6 Å². The summed E-state index contributed by atoms with van der Waals surface area (Å²) < 4.78 is 0. The molecular weight excluding hydrogens is 607 g/mol. The van der Waals surface area contributed by atoms with E-state index < -0.39 is 0 Å². The molecule has 50 heavy (non-hydrogen) atoms. The Hall–Kier alpha value is -6.29. The molecule has 0 aromatic heterocycles. The Morgan fingerprint density at radius 2 is 0.820 bits per heavy atom. The molecule has 0 bridgehead atoms. The molecule has 0 spiro atoms. The second kappa shape index (κ2) is 13.0. The number of nitrogens with one attached hydrogen (secondary N) is 2. The monoisotopic (exact) mass is 641 g/mol. The first-order valence-corrected chi connectivity index (χ1v) is 17.2. The fourth-order valence-electron chi connectivity index (χ4n) is 7.42. The van der Waals surface area contributed by atoms with Gasteiger partial charge in [-0.15, -0.1) is 0 Å². The van der Waals surface area contributed by atoms with Gasteiger partial charge in [0.25, 0.3) is 0 Å². The van der Waals surface area contributed by atoms with Crippen LogP contribution in [-0.4, -0.2) is 5.84 Å². The summed E-state index contributed by atoms with van der Waals surface area (Å²) in [7, 11) is 0. The van der Waals surface area contributed by atoms with Gasteiger partial charge in [0.1, 0.15) is 18.2 Å². The first kappa shape index (κ1) is 29.8. The van der Waals surface area contributed by atoms with E-state index in [4.69, 9.17) is 4.99 Å². The minimum atomic E-state index is -0.170. The molecule has 8 aromatic rings. The van der Waals surface area contributed by atoms with Gasteiger partial charge in [0.2, 0.25) is 0 Å². The molecule has 238 valence electrons. The molecule has 2 unspecified atom stereocenters. The van der Waals surface area contributed by atoms with Gasteiger partial charge in [-0.05, 0) is 66.1 Å². The molecule has 0 fully saturated rings. The van der Waals surface area contributed by atoms with Crippen molar-refractivity contribution in [3.63, 3.8) is 0 Å². The van der Waals surface area contributed by atoms with E-state index in [1.54, 1.807) is 0 Å². The van der Waals surface area contributed by atoms with Crippen LogP contribution in [0.5, 0.6) is 0 Å². The maximum atomic E-state index is 5.17. The van der Waals surface area contributed by atoms with Gasteiger partial charge >= 0.3 is 0 Å². The predicted octanol–water partition coefficient (Wildman–Crippen LogP) is 11.3. The van der Waals surface area contributed by atoms with Gasteiger partial charge in [-0.25, -0.2) is 4.99 Å². The van der Waals surface area contributed by atoms with E-state index in [1.807, 2.05) is 6.07 Å². The van der Waals surface area contributed by atoms with Crippen LogP contribution in [0, 0.1) is 0 Å². The lowest BCUT2D eigenvalue weighted by Gasteiger charge is -2.32. The molecule has 1 heterocycles. The molecule has 0 aliphatic carbocycles. The lowest BCUT2D eigenvalue weighted by Crippen LogP contribution is -2.44. The van der Waals surface area contributed by atoms with Crippen molar-refractivity contribution in [2.75, 3.05) is 0 Å². The highest BCUT2D eigenvalue weighted by atomic mass is 15.3. The van der Waals surface area contributed by atoms with Crippen LogP contribution in [0.2, 0.25) is 0 Å². The fourth-order valence-corrected chi connectivity index (χ4v) is 7.42. The Bertz CT molecular complexity index is 2410. The Labute approximate surface area is 292 Å². The van der Waals surface area contributed by atoms with E-state index in [9.17, 15) is 0 Å². The summed E-state index contributed by atoms with van der Waals surface area (Å²) in [5.41, 5.74) is 10.7. The standard InChI is InChI=1S/C47H35N3/c1-4-16-32(17-5-1)37-22-10-11-23-38(37)44-41-26-14-12-24-39(41)43(40-25-13-15-27-42(40)44)33-28-30-36(31-29-33)47-49-45(34-18-6-2-7-19-34)48-46(50-47)35-20-8-3-9-21-35/h1-31,45-46,48H,(H,49,50). The molecular formula is C47H35N3. The SMILES string of the molecule is c1ccc(-c2ccccc2-c2c3ccccc3c(-c3ccc(C4=NC(c5ccccc5)NC(c5ccccc5)N4)cc3)c3ccccc23)cc1. The zero-order valence-electron chi connectivity index (χ0n) is 27.5. The third-order valence-corrected chi connectivity index (χ3v) is 9.77. The van der Waals surface area contributed by atoms with Crippen LogP contribution in [0.1, 0.15) is 29.0 Å². The van der Waals surface area contributed by atoms with Crippen LogP contribution in [0.3, 0.4) is 0 Å². The summed E-state index contributed by atoms with van der Waals surface area (Å²) in [6.07, 6.45) is -0.246. The van der Waals surface area contributed by atoms with Gasteiger partial charge in [0.05, 0.1) is 0 Å². The number of benzene rings is 8. The number of hydrogen-bond donors (Lipinski definition) is 2. The number of hydrogen-bond acceptors (Lipinski definition) is 3. The highest BCUT2D eigenvalue weighted by Crippen LogP contribution is 2.46. The largest absolute Gasteiger partial charge is 0.350 e. The molecule has 0 radical (unpaired) electrons. The van der Waals surface area contributed by atoms with Gasteiger partial charge in [-0.1, -0.05) is 188 Å². The average molecular weight is 642 g/mol. The van der Waals surface area contributed by atoms with Crippen molar-refractivity contribution < 1.29 is 0 Å². The van der Waals surface area contributed by atoms with Crippen molar-refractivity contribution in [3.8, 4) is 33.4 Å². The molecule has 1 aliphatic rings. The Kier molecular flexibility index (Phi) is 7.73. The predicted molar refractivity (Wildman–Crippen MR) is 209 cm³/mol. The fraction of sp³-hybridized carbons (Fsp3) is 0.0426. The maximum Gasteiger partial charge on any atom is 0.131 e. The van der Waals surface area contributed by atoms with Crippen LogP contribution in [0.4, 0.5) is 0 Å². The van der Waals surface area contributed by atoms with E-state index in [0.29, 0.717) is 0 Å². The molecule has 0 saturated heterocycles. The van der Waals surface area contributed by atoms with Gasteiger partial charge < -0.3 is 5.32 Å². The zero-order valence-corrected chi connectivity index (χ0v) is 27.5. The van der Waals surface area contributed by atoms with Gasteiger partial charge in [0.15, 0.2) is 0 Å². The molecule has 3 heteroatoms. The molecule has 8 aromatic carbocycles. The third kappa shape index (κ3) is 5.44. The molecule has 2 N–H and O–H groups in total. The van der Waals surface area contributed by atoms with Crippen molar-refractivity contribution in [2.24, 2.45) is 4.99 Å². The van der Waals surface area contributed by atoms with Crippen LogP contribution in [-0.2, 0) is 0 Å². The minimum absolute atomic E-state index is 0.0761. The molecule has 3 nitrogen and oxygen atoms in total. The topological polar surface area (TPSA) is 36.4 Å². The first-order valence-electron chi connectivity index (χ1n) is 17.2. The van der Waals surface area contributed by atoms with Gasteiger partial charge in [-0.2, -0.15) is 0 Å². The summed E-state index contributed by atoms with van der Waals surface area (Å²) in [6, 6.07) is 67.1. The zero-order chi connectivity index (χ0) is 33.3. The highest BCUT2D eigenvalue weighted by molar-refractivity contribution is 6.22. The number of amidine groups is 1. The number of rotatable bonds is 6. The highest BCUT2D eigenvalue weighted by Gasteiger charge is 2.25. The van der Waals surface area contributed by atoms with Crippen molar-refractivity contribution in [2.45, 2.75) is 12.3 Å². The Morgan fingerprint density at radius 3 is 1.42 bits per heavy atom. The van der Waals surface area contributed by atoms with Crippen molar-refractivity contribution in [1.29, 1.82) is 0 Å². The van der Waals surface area contributed by atoms with Crippen molar-refractivity contribution >= 4 is 27.4 Å². The number of aliphatic imine (C=N–C) groups is 1. The second-order valence-electron chi connectivity index (χ2n) is 12.8. The first-order chi connectivity index (χ1) is 24.8. The van der Waals surface area contributed by atoms with E-state index in [1.165, 1.54) is 60.5 Å². The summed E-state index contributed by atoms with van der Waals surface area (Å²) in [6.45, 7) is 0. The lowest BCUT2D eigenvalue weighted by molar-refractivity contribution is 0.409. The van der Waals surface area contributed by atoms with Crippen LogP contribution < -0.4 is 10.6 Å². The van der Waals surface area contributed by atoms with Crippen LogP contribution >= 0.6 is 0 Å². The quantitative estimate of drug-likeness (QED) is 0.177. The maximum absolute atomic E-state index is 5.17. The lowest BCUT2D eigenvalue weighted by atomic mass is 9.84. The van der Waals surface area contributed by atoms with E-state index in [-0.39, 0.29) is 12.3 Å². The second-order valence-corrected chi connectivity index (χ2v) is 12.8. The van der Waals surface area contributed by atoms with Gasteiger partial charge in [-0.3, -0.25) is 5.32 Å². The molecule has 2 atom stereocenters. The third-order valence-electron chi connectivity index (χ3n) is 9.77. The number of nitrogens with zero attached hydrogens (tertiary/aromatic N) is 1. The summed E-state index contributed by atoms with van der Waals surface area (Å²) in [4.78, 5) is 5.17. The van der Waals surface area contributed by atoms with E-state index in [2.05, 4.69) is 193 Å². The van der Waals surface area contributed by atoms with Crippen molar-refractivity contribution in [3.05, 3.63) is 205 Å². The average Bonchev–Trinajstić information content (AvgIpc) is 3.21. The Balaban J connectivity index is 1.17. The number of fused-ring (bicyclic) bond motifs is 2.